The summed E-state index contributed by atoms with van der Waals surface area (Å²) in [6, 6.07) is 0. The van der Waals surface area contributed by atoms with Gasteiger partial charge < -0.3 is 0 Å². The lowest BCUT2D eigenvalue weighted by Gasteiger charge is -2.03. The molecule has 0 aliphatic heterocycles. The average molecular weight is 202 g/mol. The van der Waals surface area contributed by atoms with Crippen LogP contribution in [0.15, 0.2) is 6.08 Å². The van der Waals surface area contributed by atoms with Crippen LogP contribution in [0.4, 0.5) is 0 Å². The smallest absolute Gasteiger partial charge is 0.0521 e. The first-order valence-corrected chi connectivity index (χ1v) is 5.89. The van der Waals surface area contributed by atoms with Gasteiger partial charge in [0.2, 0.25) is 0 Å². The molecule has 77 valence electrons. The Morgan fingerprint density at radius 3 is 2.38 bits per heavy atom. The largest absolute Gasteiger partial charge is 0.118 e. The van der Waals surface area contributed by atoms with Gasteiger partial charge in [0.25, 0.3) is 0 Å². The second kappa shape index (κ2) is 10.1. The third kappa shape index (κ3) is 9.95. The third-order valence-corrected chi connectivity index (χ3v) is 2.53. The van der Waals surface area contributed by atoms with Crippen molar-refractivity contribution in [3.8, 4) is 0 Å². The standard InChI is InChI=1S/C12H22Cl/c1-3-5-6-7-8-9-11-12(13)10-4-2/h10,12H,3,5-9,11H2,1-2H3. The van der Waals surface area contributed by atoms with E-state index in [4.69, 9.17) is 11.6 Å². The van der Waals surface area contributed by atoms with Gasteiger partial charge in [-0.25, -0.2) is 0 Å². The first-order chi connectivity index (χ1) is 6.31. The van der Waals surface area contributed by atoms with Crippen LogP contribution in [0.2, 0.25) is 0 Å². The van der Waals surface area contributed by atoms with Crippen LogP contribution in [0.1, 0.15) is 58.8 Å². The Labute approximate surface area is 88.4 Å². The molecular weight excluding hydrogens is 180 g/mol. The Kier molecular flexibility index (Phi) is 10.1. The van der Waals surface area contributed by atoms with E-state index in [-0.39, 0.29) is 5.38 Å². The van der Waals surface area contributed by atoms with E-state index in [0.29, 0.717) is 0 Å². The van der Waals surface area contributed by atoms with E-state index < -0.39 is 0 Å². The van der Waals surface area contributed by atoms with Gasteiger partial charge in [-0.05, 0) is 13.3 Å². The highest BCUT2D eigenvalue weighted by atomic mass is 35.5. The van der Waals surface area contributed by atoms with Gasteiger partial charge in [-0.3, -0.25) is 0 Å². The van der Waals surface area contributed by atoms with Gasteiger partial charge in [-0.15, -0.1) is 11.6 Å². The molecule has 1 atom stereocenters. The van der Waals surface area contributed by atoms with Crippen LogP contribution in [0.3, 0.4) is 0 Å². The van der Waals surface area contributed by atoms with Gasteiger partial charge in [0.15, 0.2) is 0 Å². The Hall–Kier alpha value is 0.0300. The fourth-order valence-electron chi connectivity index (χ4n) is 1.38. The molecule has 0 aromatic carbocycles. The van der Waals surface area contributed by atoms with Crippen molar-refractivity contribution < 1.29 is 0 Å². The number of allylic oxidation sites excluding steroid dienone is 2. The summed E-state index contributed by atoms with van der Waals surface area (Å²) >= 11 is 6.00. The molecule has 0 aliphatic carbocycles. The molecule has 0 rings (SSSR count). The SMILES string of the molecule is C[C]=CC(Cl)CCCCCCCC. The first kappa shape index (κ1) is 13.0. The van der Waals surface area contributed by atoms with Crippen molar-refractivity contribution in [1.29, 1.82) is 0 Å². The molecule has 0 aliphatic rings. The van der Waals surface area contributed by atoms with Crippen LogP contribution in [-0.2, 0) is 0 Å². The third-order valence-electron chi connectivity index (χ3n) is 2.18. The average Bonchev–Trinajstić information content (AvgIpc) is 2.11. The molecule has 1 unspecified atom stereocenters. The summed E-state index contributed by atoms with van der Waals surface area (Å²) in [6.07, 6.45) is 14.1. The minimum Gasteiger partial charge on any atom is -0.118 e. The number of rotatable bonds is 8. The summed E-state index contributed by atoms with van der Waals surface area (Å²) in [5, 5.41) is 0.205. The minimum absolute atomic E-state index is 0.205. The summed E-state index contributed by atoms with van der Waals surface area (Å²) in [6.45, 7) is 4.15. The molecule has 0 saturated heterocycles. The van der Waals surface area contributed by atoms with E-state index >= 15 is 0 Å². The molecule has 1 heteroatoms. The molecule has 0 nitrogen and oxygen atoms in total. The number of hydrogen-bond donors (Lipinski definition) is 0. The molecule has 0 saturated carbocycles. The fourth-order valence-corrected chi connectivity index (χ4v) is 1.66. The van der Waals surface area contributed by atoms with Crippen LogP contribution >= 0.6 is 11.6 Å². The zero-order chi connectivity index (χ0) is 9.94. The normalized spacial score (nSPS) is 13.8. The van der Waals surface area contributed by atoms with Gasteiger partial charge >= 0.3 is 0 Å². The molecule has 0 N–H and O–H groups in total. The molecule has 0 spiro atoms. The summed E-state index contributed by atoms with van der Waals surface area (Å²) < 4.78 is 0. The van der Waals surface area contributed by atoms with E-state index in [1.807, 2.05) is 13.0 Å². The van der Waals surface area contributed by atoms with Crippen LogP contribution in [0.5, 0.6) is 0 Å². The number of alkyl halides is 1. The van der Waals surface area contributed by atoms with Crippen molar-refractivity contribution in [2.75, 3.05) is 0 Å². The predicted molar refractivity (Wildman–Crippen MR) is 61.1 cm³/mol. The number of hydrogen-bond acceptors (Lipinski definition) is 0. The maximum absolute atomic E-state index is 6.00. The Bertz CT molecular complexity index is 118. The fraction of sp³-hybridized carbons (Fsp3) is 0.833. The summed E-state index contributed by atoms with van der Waals surface area (Å²) in [4.78, 5) is 0. The Balaban J connectivity index is 3.06. The van der Waals surface area contributed by atoms with Gasteiger partial charge in [0, 0.05) is 0 Å². The van der Waals surface area contributed by atoms with Crippen molar-refractivity contribution in [2.45, 2.75) is 64.2 Å². The lowest BCUT2D eigenvalue weighted by Crippen LogP contribution is -1.92. The van der Waals surface area contributed by atoms with E-state index in [9.17, 15) is 0 Å². The van der Waals surface area contributed by atoms with Crippen molar-refractivity contribution in [1.82, 2.24) is 0 Å². The van der Waals surface area contributed by atoms with E-state index in [1.165, 1.54) is 38.5 Å². The Morgan fingerprint density at radius 2 is 1.77 bits per heavy atom. The van der Waals surface area contributed by atoms with Crippen molar-refractivity contribution in [3.63, 3.8) is 0 Å². The topological polar surface area (TPSA) is 0 Å². The molecule has 1 radical (unpaired) electrons. The monoisotopic (exact) mass is 201 g/mol. The quantitative estimate of drug-likeness (QED) is 0.394. The van der Waals surface area contributed by atoms with Gasteiger partial charge in [0.1, 0.15) is 0 Å². The summed E-state index contributed by atoms with van der Waals surface area (Å²) in [7, 11) is 0. The van der Waals surface area contributed by atoms with Crippen LogP contribution in [0, 0.1) is 6.08 Å². The molecule has 0 aromatic rings. The van der Waals surface area contributed by atoms with Crippen molar-refractivity contribution in [3.05, 3.63) is 12.2 Å². The lowest BCUT2D eigenvalue weighted by atomic mass is 10.1. The summed E-state index contributed by atoms with van der Waals surface area (Å²) in [5.74, 6) is 0. The molecule has 0 amide bonds. The number of halogens is 1. The maximum Gasteiger partial charge on any atom is 0.0521 e. The van der Waals surface area contributed by atoms with Crippen LogP contribution in [0.25, 0.3) is 0 Å². The first-order valence-electron chi connectivity index (χ1n) is 5.46. The highest BCUT2D eigenvalue weighted by Crippen LogP contribution is 2.12. The van der Waals surface area contributed by atoms with E-state index in [0.717, 1.165) is 6.42 Å². The molecule has 0 bridgehead atoms. The lowest BCUT2D eigenvalue weighted by molar-refractivity contribution is 0.593. The molecule has 0 heterocycles. The Morgan fingerprint density at radius 1 is 1.15 bits per heavy atom. The second-order valence-corrected chi connectivity index (χ2v) is 4.09. The van der Waals surface area contributed by atoms with Gasteiger partial charge in [-0.1, -0.05) is 57.6 Å². The minimum atomic E-state index is 0.205. The predicted octanol–water partition coefficient (Wildman–Crippen LogP) is 4.72. The van der Waals surface area contributed by atoms with Crippen molar-refractivity contribution in [2.24, 2.45) is 0 Å². The second-order valence-electron chi connectivity index (χ2n) is 3.53. The highest BCUT2D eigenvalue weighted by molar-refractivity contribution is 6.21. The molecule has 13 heavy (non-hydrogen) atoms. The molecular formula is C12H22Cl. The zero-order valence-corrected chi connectivity index (χ0v) is 9.74. The van der Waals surface area contributed by atoms with Gasteiger partial charge in [-0.2, -0.15) is 0 Å². The van der Waals surface area contributed by atoms with Crippen molar-refractivity contribution >= 4 is 11.6 Å². The highest BCUT2D eigenvalue weighted by Gasteiger charge is 1.98. The molecule has 0 aromatic heterocycles. The van der Waals surface area contributed by atoms with E-state index in [1.54, 1.807) is 0 Å². The van der Waals surface area contributed by atoms with Gasteiger partial charge in [0.05, 0.1) is 5.38 Å². The molecule has 0 fully saturated rings. The van der Waals surface area contributed by atoms with E-state index in [2.05, 4.69) is 13.0 Å². The van der Waals surface area contributed by atoms with Crippen LogP contribution < -0.4 is 0 Å². The zero-order valence-electron chi connectivity index (χ0n) is 8.98. The van der Waals surface area contributed by atoms with Crippen LogP contribution in [-0.4, -0.2) is 5.38 Å². The summed E-state index contributed by atoms with van der Waals surface area (Å²) in [5.41, 5.74) is 0. The maximum atomic E-state index is 6.00. The number of unbranched alkanes of at least 4 members (excludes halogenated alkanes) is 5.